The van der Waals surface area contributed by atoms with E-state index >= 15 is 0 Å². The van der Waals surface area contributed by atoms with Gasteiger partial charge < -0.3 is 10.2 Å². The van der Waals surface area contributed by atoms with Crippen LogP contribution in [-0.4, -0.2) is 50.2 Å². The summed E-state index contributed by atoms with van der Waals surface area (Å²) in [6, 6.07) is 1.06. The van der Waals surface area contributed by atoms with Crippen LogP contribution in [0.1, 0.15) is 25.6 Å². The number of rotatable bonds is 2. The van der Waals surface area contributed by atoms with Crippen molar-refractivity contribution in [1.82, 2.24) is 24.5 Å². The average molecular weight is 260 g/mol. The fourth-order valence-corrected chi connectivity index (χ4v) is 2.66. The third kappa shape index (κ3) is 2.28. The van der Waals surface area contributed by atoms with Gasteiger partial charge in [0, 0.05) is 31.0 Å². The maximum absolute atomic E-state index is 4.41. The van der Waals surface area contributed by atoms with Gasteiger partial charge in [-0.05, 0) is 33.7 Å². The van der Waals surface area contributed by atoms with Gasteiger partial charge in [0.2, 0.25) is 5.65 Å². The lowest BCUT2D eigenvalue weighted by atomic mass is 9.99. The highest BCUT2D eigenvalue weighted by molar-refractivity contribution is 5.62. The Balaban J connectivity index is 1.82. The van der Waals surface area contributed by atoms with E-state index in [1.54, 1.807) is 6.20 Å². The second-order valence-corrected chi connectivity index (χ2v) is 5.41. The molecule has 1 fully saturated rings. The van der Waals surface area contributed by atoms with E-state index in [4.69, 9.17) is 0 Å². The van der Waals surface area contributed by atoms with E-state index in [1.165, 1.54) is 0 Å². The number of hydrogen-bond acceptors (Lipinski definition) is 5. The van der Waals surface area contributed by atoms with Gasteiger partial charge in [-0.15, -0.1) is 10.2 Å². The monoisotopic (exact) mass is 260 g/mol. The minimum Gasteiger partial charge on any atom is -0.364 e. The van der Waals surface area contributed by atoms with Gasteiger partial charge in [0.15, 0.2) is 5.82 Å². The van der Waals surface area contributed by atoms with E-state index in [-0.39, 0.29) is 0 Å². The molecular formula is C13H20N6. The fraction of sp³-hybridized carbons (Fsp3) is 0.615. The third-order valence-corrected chi connectivity index (χ3v) is 4.05. The van der Waals surface area contributed by atoms with Gasteiger partial charge >= 0.3 is 0 Å². The van der Waals surface area contributed by atoms with Crippen molar-refractivity contribution < 1.29 is 0 Å². The Bertz CT molecular complexity index is 578. The van der Waals surface area contributed by atoms with E-state index in [2.05, 4.69) is 39.4 Å². The first-order valence-electron chi connectivity index (χ1n) is 6.78. The number of anilines is 1. The van der Waals surface area contributed by atoms with E-state index in [0.29, 0.717) is 12.1 Å². The molecule has 0 spiro atoms. The zero-order valence-electron chi connectivity index (χ0n) is 11.7. The largest absolute Gasteiger partial charge is 0.364 e. The Morgan fingerprint density at radius 2 is 2.21 bits per heavy atom. The van der Waals surface area contributed by atoms with E-state index < -0.39 is 0 Å². The predicted octanol–water partition coefficient (Wildman–Crippen LogP) is 1.33. The van der Waals surface area contributed by atoms with Crippen molar-refractivity contribution in [3.8, 4) is 0 Å². The Hall–Kier alpha value is -1.69. The standard InChI is InChI=1S/C13H20N6/c1-9-8-11(4-6-18(9)3)15-12-13-17-16-10(2)19(13)7-5-14-12/h5,7,9,11H,4,6,8H2,1-3H3,(H,14,15). The molecule has 3 heterocycles. The topological polar surface area (TPSA) is 58.4 Å². The van der Waals surface area contributed by atoms with Gasteiger partial charge in [-0.3, -0.25) is 4.40 Å². The molecule has 0 saturated carbocycles. The molecule has 0 radical (unpaired) electrons. The summed E-state index contributed by atoms with van der Waals surface area (Å²) in [4.78, 5) is 6.81. The zero-order chi connectivity index (χ0) is 13.4. The predicted molar refractivity (Wildman–Crippen MR) is 74.3 cm³/mol. The lowest BCUT2D eigenvalue weighted by Gasteiger charge is -2.35. The first kappa shape index (κ1) is 12.3. The molecule has 0 aliphatic carbocycles. The molecule has 3 rings (SSSR count). The van der Waals surface area contributed by atoms with Crippen LogP contribution in [0.25, 0.3) is 5.65 Å². The molecule has 6 nitrogen and oxygen atoms in total. The highest BCUT2D eigenvalue weighted by Crippen LogP contribution is 2.20. The number of nitrogens with zero attached hydrogens (tertiary/aromatic N) is 5. The number of fused-ring (bicyclic) bond motifs is 1. The summed E-state index contributed by atoms with van der Waals surface area (Å²) in [5, 5.41) is 11.8. The highest BCUT2D eigenvalue weighted by Gasteiger charge is 2.23. The molecule has 2 aromatic rings. The molecular weight excluding hydrogens is 240 g/mol. The molecule has 1 saturated heterocycles. The average Bonchev–Trinajstić information content (AvgIpc) is 2.77. The van der Waals surface area contributed by atoms with Crippen LogP contribution in [0.15, 0.2) is 12.4 Å². The Labute approximate surface area is 112 Å². The van der Waals surface area contributed by atoms with Gasteiger partial charge in [-0.2, -0.15) is 0 Å². The molecule has 2 unspecified atom stereocenters. The summed E-state index contributed by atoms with van der Waals surface area (Å²) in [5.74, 6) is 1.72. The van der Waals surface area contributed by atoms with E-state index in [9.17, 15) is 0 Å². The minimum absolute atomic E-state index is 0.460. The normalized spacial score (nSPS) is 24.8. The minimum atomic E-state index is 0.460. The SMILES string of the molecule is Cc1nnc2c(NC3CCN(C)C(C)C3)nccn12. The number of aromatic nitrogens is 4. The van der Waals surface area contributed by atoms with Crippen LogP contribution in [0.5, 0.6) is 0 Å². The van der Waals surface area contributed by atoms with Crippen molar-refractivity contribution in [2.24, 2.45) is 0 Å². The van der Waals surface area contributed by atoms with Crippen molar-refractivity contribution >= 4 is 11.5 Å². The van der Waals surface area contributed by atoms with Crippen molar-refractivity contribution in [2.75, 3.05) is 18.9 Å². The Morgan fingerprint density at radius 3 is 3.00 bits per heavy atom. The molecule has 2 atom stereocenters. The Kier molecular flexibility index (Phi) is 3.10. The molecule has 1 N–H and O–H groups in total. The van der Waals surface area contributed by atoms with Crippen LogP contribution in [0.2, 0.25) is 0 Å². The number of likely N-dealkylation sites (tertiary alicyclic amines) is 1. The lowest BCUT2D eigenvalue weighted by Crippen LogP contribution is -2.42. The summed E-state index contributed by atoms with van der Waals surface area (Å²) < 4.78 is 1.97. The van der Waals surface area contributed by atoms with Crippen molar-refractivity contribution in [2.45, 2.75) is 38.8 Å². The second kappa shape index (κ2) is 4.77. The van der Waals surface area contributed by atoms with Gasteiger partial charge in [-0.25, -0.2) is 4.98 Å². The Morgan fingerprint density at radius 1 is 1.37 bits per heavy atom. The van der Waals surface area contributed by atoms with Crippen LogP contribution < -0.4 is 5.32 Å². The first-order chi connectivity index (χ1) is 9.15. The van der Waals surface area contributed by atoms with E-state index in [1.807, 2.05) is 17.5 Å². The van der Waals surface area contributed by atoms with Crippen molar-refractivity contribution in [3.63, 3.8) is 0 Å². The quantitative estimate of drug-likeness (QED) is 0.882. The molecule has 1 aliphatic rings. The third-order valence-electron chi connectivity index (χ3n) is 4.05. The van der Waals surface area contributed by atoms with Crippen LogP contribution in [0.3, 0.4) is 0 Å². The number of hydrogen-bond donors (Lipinski definition) is 1. The molecule has 6 heteroatoms. The maximum Gasteiger partial charge on any atom is 0.203 e. The summed E-state index contributed by atoms with van der Waals surface area (Å²) in [7, 11) is 2.18. The van der Waals surface area contributed by atoms with Crippen molar-refractivity contribution in [1.29, 1.82) is 0 Å². The molecule has 1 aliphatic heterocycles. The molecule has 0 amide bonds. The first-order valence-corrected chi connectivity index (χ1v) is 6.78. The van der Waals surface area contributed by atoms with Crippen LogP contribution in [-0.2, 0) is 0 Å². The number of nitrogens with one attached hydrogen (secondary N) is 1. The van der Waals surface area contributed by atoms with Crippen LogP contribution in [0.4, 0.5) is 5.82 Å². The molecule has 2 aromatic heterocycles. The summed E-state index contributed by atoms with van der Waals surface area (Å²) in [6.07, 6.45) is 5.96. The van der Waals surface area contributed by atoms with Gasteiger partial charge in [0.05, 0.1) is 0 Å². The zero-order valence-corrected chi connectivity index (χ0v) is 11.7. The van der Waals surface area contributed by atoms with Gasteiger partial charge in [-0.1, -0.05) is 0 Å². The summed E-state index contributed by atoms with van der Waals surface area (Å²) in [6.45, 7) is 5.33. The highest BCUT2D eigenvalue weighted by atomic mass is 15.3. The van der Waals surface area contributed by atoms with Crippen LogP contribution >= 0.6 is 0 Å². The van der Waals surface area contributed by atoms with E-state index in [0.717, 1.165) is 36.7 Å². The second-order valence-electron chi connectivity index (χ2n) is 5.41. The number of piperidine rings is 1. The molecule has 0 bridgehead atoms. The number of aryl methyl sites for hydroxylation is 1. The van der Waals surface area contributed by atoms with Crippen molar-refractivity contribution in [3.05, 3.63) is 18.2 Å². The molecule has 19 heavy (non-hydrogen) atoms. The molecule has 102 valence electrons. The fourth-order valence-electron chi connectivity index (χ4n) is 2.66. The summed E-state index contributed by atoms with van der Waals surface area (Å²) >= 11 is 0. The smallest absolute Gasteiger partial charge is 0.203 e. The maximum atomic E-state index is 4.41. The van der Waals surface area contributed by atoms with Gasteiger partial charge in [0.1, 0.15) is 5.82 Å². The molecule has 0 aromatic carbocycles. The van der Waals surface area contributed by atoms with Crippen LogP contribution in [0, 0.1) is 6.92 Å². The lowest BCUT2D eigenvalue weighted by molar-refractivity contribution is 0.190. The summed E-state index contributed by atoms with van der Waals surface area (Å²) in [5.41, 5.74) is 0.812. The van der Waals surface area contributed by atoms with Gasteiger partial charge in [0.25, 0.3) is 0 Å².